The lowest BCUT2D eigenvalue weighted by Gasteiger charge is -2.14. The number of hydrogen-bond acceptors (Lipinski definition) is 5. The number of fused-ring (bicyclic) bond motifs is 1. The van der Waals surface area contributed by atoms with Crippen molar-refractivity contribution < 1.29 is 8.42 Å². The lowest BCUT2D eigenvalue weighted by molar-refractivity contribution is 0.619. The van der Waals surface area contributed by atoms with Gasteiger partial charge in [0.2, 0.25) is 10.9 Å². The van der Waals surface area contributed by atoms with Crippen molar-refractivity contribution in [3.05, 3.63) is 54.2 Å². The van der Waals surface area contributed by atoms with Crippen LogP contribution in [0.5, 0.6) is 0 Å². The van der Waals surface area contributed by atoms with Gasteiger partial charge in [-0.2, -0.15) is 0 Å². The highest BCUT2D eigenvalue weighted by Crippen LogP contribution is 2.32. The van der Waals surface area contributed by atoms with Crippen molar-refractivity contribution >= 4 is 44.5 Å². The number of rotatable bonds is 4. The number of nitrogens with two attached hydrogens (primary N) is 1. The van der Waals surface area contributed by atoms with Gasteiger partial charge in [0.25, 0.3) is 0 Å². The number of anilines is 4. The van der Waals surface area contributed by atoms with Crippen molar-refractivity contribution in [2.24, 2.45) is 0 Å². The summed E-state index contributed by atoms with van der Waals surface area (Å²) in [5, 5.41) is 4.21. The van der Waals surface area contributed by atoms with Gasteiger partial charge >= 0.3 is 0 Å². The molecule has 0 saturated carbocycles. The van der Waals surface area contributed by atoms with Gasteiger partial charge in [-0.3, -0.25) is 9.71 Å². The highest BCUT2D eigenvalue weighted by Gasteiger charge is 2.09. The lowest BCUT2D eigenvalue weighted by atomic mass is 10.1. The Bertz CT molecular complexity index is 929. The zero-order chi connectivity index (χ0) is 16.4. The Labute approximate surface area is 135 Å². The van der Waals surface area contributed by atoms with Gasteiger partial charge in [-0.05, 0) is 48.9 Å². The van der Waals surface area contributed by atoms with E-state index in [0.717, 1.165) is 27.8 Å². The van der Waals surface area contributed by atoms with Crippen molar-refractivity contribution in [2.75, 3.05) is 15.8 Å². The van der Waals surface area contributed by atoms with Crippen molar-refractivity contribution in [3.63, 3.8) is 0 Å². The van der Waals surface area contributed by atoms with Crippen LogP contribution in [-0.2, 0) is 10.9 Å². The number of hydrogen-bond donors (Lipinski definition) is 4. The number of benzene rings is 2. The Balaban J connectivity index is 2.00. The number of nitrogens with one attached hydrogen (secondary N) is 2. The third kappa shape index (κ3) is 3.19. The van der Waals surface area contributed by atoms with Crippen LogP contribution in [0, 0.1) is 6.92 Å². The third-order valence-corrected chi connectivity index (χ3v) is 3.93. The second-order valence-corrected chi connectivity index (χ2v) is 5.87. The zero-order valence-electron chi connectivity index (χ0n) is 12.4. The van der Waals surface area contributed by atoms with Gasteiger partial charge in [0, 0.05) is 28.6 Å². The third-order valence-electron chi connectivity index (χ3n) is 3.49. The van der Waals surface area contributed by atoms with Crippen molar-refractivity contribution in [2.45, 2.75) is 6.92 Å². The SMILES string of the molecule is Cc1cnc2cccc(N)c2c1Nc1ccc(N[SH](=O)=O)cc1. The number of aromatic nitrogens is 1. The molecule has 0 aliphatic heterocycles. The predicted molar refractivity (Wildman–Crippen MR) is 94.6 cm³/mol. The molecule has 6 nitrogen and oxygen atoms in total. The Hall–Kier alpha value is -2.80. The summed E-state index contributed by atoms with van der Waals surface area (Å²) in [6.07, 6.45) is 1.79. The summed E-state index contributed by atoms with van der Waals surface area (Å²) in [5.74, 6) is 0. The second kappa shape index (κ2) is 6.13. The van der Waals surface area contributed by atoms with E-state index in [9.17, 15) is 8.42 Å². The van der Waals surface area contributed by atoms with Gasteiger partial charge in [0.15, 0.2) is 0 Å². The van der Waals surface area contributed by atoms with E-state index in [2.05, 4.69) is 15.0 Å². The van der Waals surface area contributed by atoms with Crippen LogP contribution in [0.15, 0.2) is 48.7 Å². The maximum atomic E-state index is 10.7. The first-order chi connectivity index (χ1) is 11.0. The molecule has 2 aromatic carbocycles. The van der Waals surface area contributed by atoms with Crippen molar-refractivity contribution in [1.29, 1.82) is 0 Å². The fourth-order valence-electron chi connectivity index (χ4n) is 2.40. The largest absolute Gasteiger partial charge is 0.398 e. The summed E-state index contributed by atoms with van der Waals surface area (Å²) in [6.45, 7) is 1.96. The molecule has 0 amide bonds. The van der Waals surface area contributed by atoms with Crippen LogP contribution >= 0.6 is 0 Å². The van der Waals surface area contributed by atoms with Gasteiger partial charge in [-0.1, -0.05) is 6.07 Å². The number of nitrogen functional groups attached to an aromatic ring is 1. The number of aryl methyl sites for hydroxylation is 1. The summed E-state index contributed by atoms with van der Waals surface area (Å²) >= 11 is 0. The Morgan fingerprint density at radius 3 is 2.43 bits per heavy atom. The molecule has 0 aliphatic rings. The first kappa shape index (κ1) is 15.1. The summed E-state index contributed by atoms with van der Waals surface area (Å²) < 4.78 is 23.7. The molecule has 0 unspecified atom stereocenters. The molecule has 23 heavy (non-hydrogen) atoms. The lowest BCUT2D eigenvalue weighted by Crippen LogP contribution is -1.99. The highest BCUT2D eigenvalue weighted by molar-refractivity contribution is 7.73. The van der Waals surface area contributed by atoms with Gasteiger partial charge in [-0.15, -0.1) is 0 Å². The molecule has 0 spiro atoms. The van der Waals surface area contributed by atoms with Crippen LogP contribution < -0.4 is 15.8 Å². The number of nitrogens with zero attached hydrogens (tertiary/aromatic N) is 1. The molecule has 1 heterocycles. The van der Waals surface area contributed by atoms with Gasteiger partial charge < -0.3 is 11.1 Å². The van der Waals surface area contributed by atoms with Crippen LogP contribution in [0.2, 0.25) is 0 Å². The Morgan fingerprint density at radius 1 is 1.04 bits per heavy atom. The van der Waals surface area contributed by atoms with Gasteiger partial charge in [0.05, 0.1) is 11.2 Å². The van der Waals surface area contributed by atoms with E-state index in [1.807, 2.05) is 25.1 Å². The molecule has 118 valence electrons. The van der Waals surface area contributed by atoms with Crippen LogP contribution in [0.1, 0.15) is 5.56 Å². The maximum absolute atomic E-state index is 10.7. The van der Waals surface area contributed by atoms with Crippen molar-refractivity contribution in [1.82, 2.24) is 4.98 Å². The topological polar surface area (TPSA) is 97.1 Å². The molecule has 0 bridgehead atoms. The van der Waals surface area contributed by atoms with Gasteiger partial charge in [0.1, 0.15) is 0 Å². The summed E-state index contributed by atoms with van der Waals surface area (Å²) in [7, 11) is -2.66. The standard InChI is InChI=1S/C16H16N4O2S/c1-10-9-18-14-4-2-3-13(17)15(14)16(10)19-11-5-7-12(8-6-11)20-23(21)22/h2-9,23H,17H2,1H3,(H,18,19)(H,20,21,22). The van der Waals surface area contributed by atoms with E-state index in [1.54, 1.807) is 30.5 Å². The zero-order valence-corrected chi connectivity index (χ0v) is 13.3. The van der Waals surface area contributed by atoms with E-state index < -0.39 is 10.9 Å². The molecule has 0 radical (unpaired) electrons. The summed E-state index contributed by atoms with van der Waals surface area (Å²) in [6, 6.07) is 12.6. The predicted octanol–water partition coefficient (Wildman–Crippen LogP) is 2.81. The number of pyridine rings is 1. The van der Waals surface area contributed by atoms with E-state index in [0.29, 0.717) is 11.4 Å². The maximum Gasteiger partial charge on any atom is 0.222 e. The fraction of sp³-hybridized carbons (Fsp3) is 0.0625. The van der Waals surface area contributed by atoms with Crippen LogP contribution in [0.4, 0.5) is 22.7 Å². The van der Waals surface area contributed by atoms with Crippen molar-refractivity contribution in [3.8, 4) is 0 Å². The molecule has 3 rings (SSSR count). The molecule has 1 aromatic heterocycles. The van der Waals surface area contributed by atoms with E-state index in [-0.39, 0.29) is 0 Å². The first-order valence-corrected chi connectivity index (χ1v) is 8.14. The minimum Gasteiger partial charge on any atom is -0.398 e. The molecule has 4 N–H and O–H groups in total. The Kier molecular flexibility index (Phi) is 4.03. The fourth-order valence-corrected chi connectivity index (χ4v) is 2.76. The first-order valence-electron chi connectivity index (χ1n) is 6.96. The van der Waals surface area contributed by atoms with E-state index in [1.165, 1.54) is 0 Å². The highest BCUT2D eigenvalue weighted by atomic mass is 32.2. The second-order valence-electron chi connectivity index (χ2n) is 5.13. The summed E-state index contributed by atoms with van der Waals surface area (Å²) in [5.41, 5.74) is 10.8. The molecular formula is C16H16N4O2S. The van der Waals surface area contributed by atoms with Crippen LogP contribution in [-0.4, -0.2) is 13.4 Å². The molecule has 0 fully saturated rings. The number of thiol groups is 1. The monoisotopic (exact) mass is 328 g/mol. The minimum atomic E-state index is -2.66. The molecule has 0 aliphatic carbocycles. The van der Waals surface area contributed by atoms with Gasteiger partial charge in [-0.25, -0.2) is 8.42 Å². The molecule has 0 saturated heterocycles. The minimum absolute atomic E-state index is 0.516. The molecule has 7 heteroatoms. The molecular weight excluding hydrogens is 312 g/mol. The van der Waals surface area contributed by atoms with E-state index >= 15 is 0 Å². The average Bonchev–Trinajstić information content (AvgIpc) is 2.51. The normalized spacial score (nSPS) is 10.9. The van der Waals surface area contributed by atoms with Crippen LogP contribution in [0.3, 0.4) is 0 Å². The molecule has 0 atom stereocenters. The van der Waals surface area contributed by atoms with Crippen LogP contribution in [0.25, 0.3) is 10.9 Å². The quantitative estimate of drug-likeness (QED) is 0.436. The van der Waals surface area contributed by atoms with E-state index in [4.69, 9.17) is 5.73 Å². The summed E-state index contributed by atoms with van der Waals surface area (Å²) in [4.78, 5) is 4.39. The Morgan fingerprint density at radius 2 is 1.74 bits per heavy atom. The smallest absolute Gasteiger partial charge is 0.222 e. The molecule has 3 aromatic rings. The average molecular weight is 328 g/mol.